The summed E-state index contributed by atoms with van der Waals surface area (Å²) in [6.45, 7) is 2.87. The van der Waals surface area contributed by atoms with Crippen molar-refractivity contribution in [1.82, 2.24) is 5.32 Å². The average Bonchev–Trinajstić information content (AvgIpc) is 2.18. The lowest BCUT2D eigenvalue weighted by Crippen LogP contribution is -2.29. The molecule has 1 aromatic rings. The molecule has 0 saturated heterocycles. The van der Waals surface area contributed by atoms with Crippen molar-refractivity contribution in [2.45, 2.75) is 6.92 Å². The second kappa shape index (κ2) is 5.12. The topological polar surface area (TPSA) is 55.1 Å². The normalized spacial score (nSPS) is 9.93. The van der Waals surface area contributed by atoms with Crippen LogP contribution in [0.4, 0.5) is 0 Å². The van der Waals surface area contributed by atoms with E-state index in [2.05, 4.69) is 21.2 Å². The number of aryl methyl sites for hydroxylation is 1. The van der Waals surface area contributed by atoms with E-state index in [-0.39, 0.29) is 5.91 Å². The number of hydrogen-bond acceptors (Lipinski definition) is 2. The first kappa shape index (κ1) is 11.2. The van der Waals surface area contributed by atoms with Gasteiger partial charge in [-0.1, -0.05) is 22.0 Å². The number of carbonyl (C=O) groups is 1. The standard InChI is InChI=1S/C10H13BrN2O/c1-7-2-3-8(11)6-9(7)10(14)13-5-4-12/h2-3,6H,4-5,12H2,1H3,(H,13,14). The van der Waals surface area contributed by atoms with Crippen molar-refractivity contribution in [1.29, 1.82) is 0 Å². The fourth-order valence-corrected chi connectivity index (χ4v) is 1.48. The van der Waals surface area contributed by atoms with E-state index in [1.807, 2.05) is 19.1 Å². The molecule has 0 aliphatic rings. The third-order valence-corrected chi connectivity index (χ3v) is 2.37. The van der Waals surface area contributed by atoms with Gasteiger partial charge in [0.1, 0.15) is 0 Å². The molecule has 0 heterocycles. The molecule has 4 heteroatoms. The molecular weight excluding hydrogens is 244 g/mol. The number of rotatable bonds is 3. The maximum Gasteiger partial charge on any atom is 0.251 e. The quantitative estimate of drug-likeness (QED) is 0.861. The number of amides is 1. The number of hydrogen-bond donors (Lipinski definition) is 2. The second-order valence-electron chi connectivity index (χ2n) is 3.00. The van der Waals surface area contributed by atoms with Crippen LogP contribution in [0.3, 0.4) is 0 Å². The summed E-state index contributed by atoms with van der Waals surface area (Å²) in [6, 6.07) is 5.62. The van der Waals surface area contributed by atoms with Crippen LogP contribution >= 0.6 is 15.9 Å². The molecule has 0 spiro atoms. The molecule has 3 nitrogen and oxygen atoms in total. The molecule has 0 radical (unpaired) electrons. The minimum Gasteiger partial charge on any atom is -0.351 e. The summed E-state index contributed by atoms with van der Waals surface area (Å²) < 4.78 is 0.904. The molecule has 0 aliphatic heterocycles. The Morgan fingerprint density at radius 3 is 2.93 bits per heavy atom. The zero-order valence-corrected chi connectivity index (χ0v) is 9.60. The number of nitrogens with one attached hydrogen (secondary N) is 1. The van der Waals surface area contributed by atoms with Gasteiger partial charge in [-0.25, -0.2) is 0 Å². The SMILES string of the molecule is Cc1ccc(Br)cc1C(=O)NCCN. The Morgan fingerprint density at radius 2 is 2.29 bits per heavy atom. The number of benzene rings is 1. The molecule has 1 amide bonds. The number of nitrogens with two attached hydrogens (primary N) is 1. The summed E-state index contributed by atoms with van der Waals surface area (Å²) in [7, 11) is 0. The van der Waals surface area contributed by atoms with Gasteiger partial charge >= 0.3 is 0 Å². The molecule has 0 aromatic heterocycles. The molecule has 0 unspecified atom stereocenters. The Morgan fingerprint density at radius 1 is 1.57 bits per heavy atom. The van der Waals surface area contributed by atoms with Gasteiger partial charge in [0, 0.05) is 23.1 Å². The van der Waals surface area contributed by atoms with Crippen molar-refractivity contribution in [3.05, 3.63) is 33.8 Å². The Hall–Kier alpha value is -0.870. The average molecular weight is 257 g/mol. The molecule has 0 aliphatic carbocycles. The van der Waals surface area contributed by atoms with Gasteiger partial charge in [-0.3, -0.25) is 4.79 Å². The van der Waals surface area contributed by atoms with E-state index in [9.17, 15) is 4.79 Å². The molecular formula is C10H13BrN2O. The van der Waals surface area contributed by atoms with E-state index in [1.165, 1.54) is 0 Å². The summed E-state index contributed by atoms with van der Waals surface area (Å²) in [4.78, 5) is 11.6. The first-order valence-electron chi connectivity index (χ1n) is 4.39. The van der Waals surface area contributed by atoms with Crippen LogP contribution in [0, 0.1) is 6.92 Å². The van der Waals surface area contributed by atoms with Gasteiger partial charge in [0.05, 0.1) is 0 Å². The molecule has 76 valence electrons. The van der Waals surface area contributed by atoms with Crippen LogP contribution in [0.15, 0.2) is 22.7 Å². The van der Waals surface area contributed by atoms with Gasteiger partial charge in [0.2, 0.25) is 0 Å². The van der Waals surface area contributed by atoms with E-state index in [4.69, 9.17) is 5.73 Å². The summed E-state index contributed by atoms with van der Waals surface area (Å²) in [5.74, 6) is -0.0748. The van der Waals surface area contributed by atoms with Crippen molar-refractivity contribution in [3.63, 3.8) is 0 Å². The molecule has 0 atom stereocenters. The second-order valence-corrected chi connectivity index (χ2v) is 3.92. The molecule has 3 N–H and O–H groups in total. The van der Waals surface area contributed by atoms with E-state index in [0.717, 1.165) is 10.0 Å². The highest BCUT2D eigenvalue weighted by Gasteiger charge is 2.07. The van der Waals surface area contributed by atoms with Gasteiger partial charge in [-0.15, -0.1) is 0 Å². The summed E-state index contributed by atoms with van der Waals surface area (Å²) >= 11 is 3.33. The predicted molar refractivity (Wildman–Crippen MR) is 60.3 cm³/mol. The number of carbonyl (C=O) groups excluding carboxylic acids is 1. The van der Waals surface area contributed by atoms with Crippen molar-refractivity contribution >= 4 is 21.8 Å². The van der Waals surface area contributed by atoms with Crippen molar-refractivity contribution < 1.29 is 4.79 Å². The fourth-order valence-electron chi connectivity index (χ4n) is 1.12. The minimum atomic E-state index is -0.0748. The lowest BCUT2D eigenvalue weighted by atomic mass is 10.1. The first-order valence-corrected chi connectivity index (χ1v) is 5.19. The van der Waals surface area contributed by atoms with Crippen LogP contribution in [0.25, 0.3) is 0 Å². The highest BCUT2D eigenvalue weighted by Crippen LogP contribution is 2.15. The smallest absolute Gasteiger partial charge is 0.251 e. The van der Waals surface area contributed by atoms with Crippen LogP contribution in [0.5, 0.6) is 0 Å². The molecule has 14 heavy (non-hydrogen) atoms. The summed E-state index contributed by atoms with van der Waals surface area (Å²) in [5, 5.41) is 2.73. The van der Waals surface area contributed by atoms with Gasteiger partial charge in [-0.2, -0.15) is 0 Å². The highest BCUT2D eigenvalue weighted by atomic mass is 79.9. The van der Waals surface area contributed by atoms with E-state index in [0.29, 0.717) is 18.7 Å². The summed E-state index contributed by atoms with van der Waals surface area (Å²) in [5.41, 5.74) is 6.95. The zero-order chi connectivity index (χ0) is 10.6. The van der Waals surface area contributed by atoms with Gasteiger partial charge < -0.3 is 11.1 Å². The largest absolute Gasteiger partial charge is 0.351 e. The fraction of sp³-hybridized carbons (Fsp3) is 0.300. The molecule has 0 bridgehead atoms. The molecule has 0 saturated carbocycles. The highest BCUT2D eigenvalue weighted by molar-refractivity contribution is 9.10. The molecule has 1 rings (SSSR count). The third kappa shape index (κ3) is 2.82. The van der Waals surface area contributed by atoms with Gasteiger partial charge in [0.25, 0.3) is 5.91 Å². The maximum atomic E-state index is 11.6. The zero-order valence-electron chi connectivity index (χ0n) is 8.01. The molecule has 1 aromatic carbocycles. The Kier molecular flexibility index (Phi) is 4.10. The van der Waals surface area contributed by atoms with Crippen LogP contribution in [0.1, 0.15) is 15.9 Å². The lowest BCUT2D eigenvalue weighted by Gasteiger charge is -2.06. The Balaban J connectivity index is 2.83. The third-order valence-electron chi connectivity index (χ3n) is 1.87. The van der Waals surface area contributed by atoms with Gasteiger partial charge in [0.15, 0.2) is 0 Å². The lowest BCUT2D eigenvalue weighted by molar-refractivity contribution is 0.0954. The van der Waals surface area contributed by atoms with Crippen molar-refractivity contribution in [2.24, 2.45) is 5.73 Å². The van der Waals surface area contributed by atoms with E-state index < -0.39 is 0 Å². The Labute approximate surface area is 91.8 Å². The number of halogens is 1. The molecule has 0 fully saturated rings. The minimum absolute atomic E-state index is 0.0748. The Bertz CT molecular complexity index is 339. The van der Waals surface area contributed by atoms with Crippen LogP contribution in [0.2, 0.25) is 0 Å². The predicted octanol–water partition coefficient (Wildman–Crippen LogP) is 1.45. The van der Waals surface area contributed by atoms with Crippen LogP contribution in [-0.4, -0.2) is 19.0 Å². The van der Waals surface area contributed by atoms with Gasteiger partial charge in [-0.05, 0) is 24.6 Å². The van der Waals surface area contributed by atoms with E-state index in [1.54, 1.807) is 6.07 Å². The summed E-state index contributed by atoms with van der Waals surface area (Å²) in [6.07, 6.45) is 0. The first-order chi connectivity index (χ1) is 6.65. The van der Waals surface area contributed by atoms with Crippen molar-refractivity contribution in [2.75, 3.05) is 13.1 Å². The van der Waals surface area contributed by atoms with Crippen LogP contribution in [-0.2, 0) is 0 Å². The van der Waals surface area contributed by atoms with Crippen LogP contribution < -0.4 is 11.1 Å². The monoisotopic (exact) mass is 256 g/mol. The maximum absolute atomic E-state index is 11.6. The van der Waals surface area contributed by atoms with Crippen molar-refractivity contribution in [3.8, 4) is 0 Å². The van der Waals surface area contributed by atoms with E-state index >= 15 is 0 Å².